The van der Waals surface area contributed by atoms with E-state index >= 15 is 14.4 Å². The van der Waals surface area contributed by atoms with Crippen LogP contribution in [0.1, 0.15) is 104 Å². The molecular weight excluding hydrogens is 1580 g/mol. The maximum atomic E-state index is 15.6. The number of benzene rings is 2. The van der Waals surface area contributed by atoms with Gasteiger partial charge in [-0.1, -0.05) is 96.5 Å². The van der Waals surface area contributed by atoms with Gasteiger partial charge in [0.05, 0.1) is 31.4 Å². The largest absolute Gasteiger partial charge is 0.490 e. The highest BCUT2D eigenvalue weighted by Gasteiger charge is 2.45. The fourth-order valence-electron chi connectivity index (χ4n) is 10.6. The van der Waals surface area contributed by atoms with E-state index in [1.165, 1.54) is 44.2 Å². The lowest BCUT2D eigenvalue weighted by Crippen LogP contribution is -2.64. The number of fused-ring (bicyclic) bond motifs is 1. The van der Waals surface area contributed by atoms with E-state index in [0.717, 1.165) is 6.92 Å². The summed E-state index contributed by atoms with van der Waals surface area (Å²) in [6.45, 7) is 8.78. The van der Waals surface area contributed by atoms with Crippen molar-refractivity contribution in [2.24, 2.45) is 39.9 Å². The Labute approximate surface area is 654 Å². The molecule has 0 unspecified atom stereocenters. The molecule has 0 saturated carbocycles. The number of carboxylic acids is 3. The number of hydrogen-bond acceptors (Lipinski definition) is 22. The maximum Gasteiger partial charge on any atom is 0.490 e. The first-order chi connectivity index (χ1) is 53.8. The Kier molecular flexibility index (Phi) is 40.5. The molecule has 1 aromatic heterocycles. The number of cyclic esters (lactones) is 1. The van der Waals surface area contributed by atoms with E-state index in [0.29, 0.717) is 35.9 Å². The molecule has 2 aliphatic heterocycles. The highest BCUT2D eigenvalue weighted by atomic mass is 19.4. The summed E-state index contributed by atoms with van der Waals surface area (Å²) >= 11 is 0. The number of ether oxygens (including phenoxy) is 1. The van der Waals surface area contributed by atoms with Gasteiger partial charge in [0.2, 0.25) is 65.0 Å². The van der Waals surface area contributed by atoms with Crippen LogP contribution in [-0.4, -0.2) is 259 Å². The molecular formula is C68H95F9N16O23. The van der Waals surface area contributed by atoms with Crippen LogP contribution in [0.4, 0.5) is 39.5 Å². The van der Waals surface area contributed by atoms with Gasteiger partial charge in [0.15, 0.2) is 24.2 Å². The van der Waals surface area contributed by atoms with Crippen molar-refractivity contribution in [3.63, 3.8) is 0 Å². The minimum atomic E-state index is -5.08. The van der Waals surface area contributed by atoms with Crippen LogP contribution in [0.15, 0.2) is 65.8 Å². The first-order valence-corrected chi connectivity index (χ1v) is 35.2. The number of aliphatic hydroxyl groups is 4. The van der Waals surface area contributed by atoms with Crippen molar-refractivity contribution in [3.05, 3.63) is 71.9 Å². The molecule has 0 bridgehead atoms. The molecule has 25 N–H and O–H groups in total. The number of aliphatic hydroxyl groups excluding tert-OH is 4. The third-order valence-electron chi connectivity index (χ3n) is 16.9. The van der Waals surface area contributed by atoms with Gasteiger partial charge in [0.1, 0.15) is 48.3 Å². The molecule has 0 aliphatic carbocycles. The van der Waals surface area contributed by atoms with E-state index in [1.54, 1.807) is 58.2 Å². The van der Waals surface area contributed by atoms with Crippen molar-refractivity contribution >= 4 is 106 Å². The van der Waals surface area contributed by atoms with Crippen LogP contribution in [0.2, 0.25) is 0 Å². The number of aliphatic carboxylic acids is 3. The average molecular weight is 1680 g/mol. The lowest BCUT2D eigenvalue weighted by Gasteiger charge is -2.33. The molecule has 3 heterocycles. The fourth-order valence-corrected chi connectivity index (χ4v) is 10.6. The van der Waals surface area contributed by atoms with Crippen molar-refractivity contribution in [1.29, 1.82) is 0 Å². The number of nitrogens with two attached hydrogens (primary N) is 3. The van der Waals surface area contributed by atoms with Crippen LogP contribution in [0.5, 0.6) is 0 Å². The van der Waals surface area contributed by atoms with Gasteiger partial charge in [-0.2, -0.15) is 39.5 Å². The first kappa shape index (κ1) is 101. The minimum Gasteiger partial charge on any atom is -0.475 e. The molecule has 0 spiro atoms. The van der Waals surface area contributed by atoms with Crippen LogP contribution in [0, 0.1) is 17.8 Å². The monoisotopic (exact) mass is 1670 g/mol. The number of primary amides is 1. The highest BCUT2D eigenvalue weighted by Crippen LogP contribution is 2.26. The third kappa shape index (κ3) is 33.5. The predicted molar refractivity (Wildman–Crippen MR) is 383 cm³/mol. The van der Waals surface area contributed by atoms with Gasteiger partial charge in [-0.05, 0) is 80.5 Å². The number of carbonyl (C=O) groups excluding carboxylic acids is 12. The molecule has 5 rings (SSSR count). The van der Waals surface area contributed by atoms with Gasteiger partial charge in [-0.3, -0.25) is 57.7 Å². The van der Waals surface area contributed by atoms with Crippen LogP contribution >= 0.6 is 0 Å². The van der Waals surface area contributed by atoms with E-state index in [2.05, 4.69) is 63.1 Å². The smallest absolute Gasteiger partial charge is 0.475 e. The number of alkyl halides is 9. The van der Waals surface area contributed by atoms with Crippen molar-refractivity contribution in [1.82, 2.24) is 63.5 Å². The molecule has 48 heteroatoms. The zero-order valence-corrected chi connectivity index (χ0v) is 63.1. The quantitative estimate of drug-likeness (QED) is 0.0162. The van der Waals surface area contributed by atoms with E-state index in [4.69, 9.17) is 51.6 Å². The van der Waals surface area contributed by atoms with Crippen molar-refractivity contribution < 1.29 is 152 Å². The number of amides is 11. The fraction of sp³-hybridized carbons (Fsp3) is 0.559. The normalized spacial score (nSPS) is 22.7. The van der Waals surface area contributed by atoms with Gasteiger partial charge in [0, 0.05) is 30.1 Å². The molecule has 0 radical (unpaired) electrons. The molecule has 11 amide bonds. The Balaban J connectivity index is 0.00000190. The van der Waals surface area contributed by atoms with Gasteiger partial charge >= 0.3 is 42.4 Å². The summed E-state index contributed by atoms with van der Waals surface area (Å²) in [4.78, 5) is 206. The number of nitrogens with one attached hydrogen (secondary N) is 12. The topological polar surface area (TPSA) is 645 Å². The second kappa shape index (κ2) is 46.7. The van der Waals surface area contributed by atoms with Gasteiger partial charge < -0.3 is 121 Å². The average Bonchev–Trinajstić information content (AvgIpc) is 1.64. The molecule has 2 fully saturated rings. The first-order valence-electron chi connectivity index (χ1n) is 35.2. The Morgan fingerprint density at radius 1 is 0.629 bits per heavy atom. The molecule has 15 atom stereocenters. The molecule has 648 valence electrons. The number of aromatic amines is 1. The van der Waals surface area contributed by atoms with Crippen LogP contribution in [0.25, 0.3) is 10.9 Å². The van der Waals surface area contributed by atoms with E-state index in [1.807, 2.05) is 5.32 Å². The van der Waals surface area contributed by atoms with E-state index in [9.17, 15) is 103 Å². The lowest BCUT2D eigenvalue weighted by atomic mass is 9.95. The molecule has 2 aliphatic rings. The second-order valence-corrected chi connectivity index (χ2v) is 26.8. The number of H-pyrrole nitrogens is 1. The zero-order valence-electron chi connectivity index (χ0n) is 63.1. The summed E-state index contributed by atoms with van der Waals surface area (Å²) in [5.74, 6) is -25.0. The Bertz CT molecular complexity index is 3840. The predicted octanol–water partition coefficient (Wildman–Crippen LogP) is -3.48. The minimum absolute atomic E-state index is 0.0443. The molecule has 39 nitrogen and oxygen atoms in total. The summed E-state index contributed by atoms with van der Waals surface area (Å²) in [6, 6.07) is -3.40. The number of aromatic nitrogens is 1. The molecule has 3 aromatic rings. The second-order valence-electron chi connectivity index (χ2n) is 26.8. The van der Waals surface area contributed by atoms with Crippen LogP contribution < -0.4 is 75.7 Å². The summed E-state index contributed by atoms with van der Waals surface area (Å²) < 4.78 is 101. The van der Waals surface area contributed by atoms with Gasteiger partial charge in [0.25, 0.3) is 0 Å². The summed E-state index contributed by atoms with van der Waals surface area (Å²) in [6.07, 6.45) is -21.0. The number of guanidine groups is 1. The standard InChI is InChI=1S/C62H92N16O17.3C2HF3O2/c1-8-31(6)43-57(90)76-44(32(7)80)56(89)69-27-42(81)74-46(49(83)51(63)84)59(92)73-41(28-79)61(94)95-50(33-16-10-9-11-17-33)47(78-55(88)40(71-52(85)37-20-14-22-66-37)25-34-26-68-36-19-13-12-18-35(34)36)60(93)77-45(48(82)30(4)5)58(91)72-39(24-29(2)3)54(87)70-38(53(86)75-43)21-15-23-67-62(64)65;3*3-2(4,5)1(6)7/h9-13,16-19,26,29-32,37-41,43-50,66,68,79-80,82-83H,8,14-15,20-25,27-28H2,1-7H3,(H2,63,84)(H,69,89)(H,70,87)(H,71,85)(H,72,91)(H,73,92)(H,74,81)(H,75,86)(H,76,90)(H,77,93)(H,78,88)(H4,64,65,67);3*(H,6,7)/t31-,32-,37+,38+,39-,40-,41-,43-,44-,45-,46-,47-,48+,49-,50+;;;/m0.../s1. The Morgan fingerprint density at radius 3 is 1.64 bits per heavy atom. The number of hydrogen-bond donors (Lipinski definition) is 22. The number of carbonyl (C=O) groups is 15. The lowest BCUT2D eigenvalue weighted by molar-refractivity contribution is -0.193. The summed E-state index contributed by atoms with van der Waals surface area (Å²) in [5, 5.41) is 93.9. The number of nitrogens with zero attached hydrogens (tertiary/aromatic N) is 1. The summed E-state index contributed by atoms with van der Waals surface area (Å²) in [5.41, 5.74) is 17.6. The number of halogens is 9. The molecule has 2 aromatic carbocycles. The summed E-state index contributed by atoms with van der Waals surface area (Å²) in [7, 11) is 0. The number of para-hydroxylation sites is 1. The highest BCUT2D eigenvalue weighted by molar-refractivity contribution is 6.01. The Morgan fingerprint density at radius 2 is 1.14 bits per heavy atom. The van der Waals surface area contributed by atoms with Crippen LogP contribution in [-0.2, 0) is 83.1 Å². The SMILES string of the molecule is CC[C@H](C)[C@@H]1NC(=O)[C@@H](CCCN=C(N)N)NC(=O)[C@H](CC(C)C)NC(=O)[C@H]([C@H](O)C(C)C)NC(=O)[C@@H](NC(=O)[C@H](Cc2c[nH]c3ccccc23)NC(=O)[C@H]2CCCN2)[C@@H](c2ccccc2)OC(=O)[C@H](CO)NC(=O)[C@H]([C@H](O)C(N)=O)NC(=O)CNC(=O)[C@H]([C@H](C)O)NC1=O.O=C(O)C(F)(F)F.O=C(O)C(F)(F)F.O=C(O)C(F)(F)F. The third-order valence-corrected chi connectivity index (χ3v) is 16.9. The van der Waals surface area contributed by atoms with Gasteiger partial charge in [-0.25, -0.2) is 19.2 Å². The van der Waals surface area contributed by atoms with Crippen molar-refractivity contribution in [2.75, 3.05) is 26.2 Å². The van der Waals surface area contributed by atoms with Gasteiger partial charge in [-0.15, -0.1) is 0 Å². The number of aliphatic imine (C=N–C) groups is 1. The van der Waals surface area contributed by atoms with E-state index in [-0.39, 0.29) is 56.1 Å². The van der Waals surface area contributed by atoms with Crippen molar-refractivity contribution in [2.45, 2.75) is 197 Å². The van der Waals surface area contributed by atoms with Crippen molar-refractivity contribution in [3.8, 4) is 0 Å². The maximum absolute atomic E-state index is 15.6. The number of carboxylic acid groups (broad SMARTS) is 3. The number of rotatable bonds is 21. The number of esters is 1. The van der Waals surface area contributed by atoms with Crippen LogP contribution in [0.3, 0.4) is 0 Å². The molecule has 116 heavy (non-hydrogen) atoms. The molecule has 2 saturated heterocycles. The Hall–Kier alpha value is -11.5. The zero-order chi connectivity index (χ0) is 88.6. The van der Waals surface area contributed by atoms with E-state index < -0.39 is 217 Å².